The summed E-state index contributed by atoms with van der Waals surface area (Å²) in [5, 5.41) is 1.95. The van der Waals surface area contributed by atoms with Gasteiger partial charge in [0, 0.05) is 6.20 Å². The van der Waals surface area contributed by atoms with Gasteiger partial charge in [-0.15, -0.1) is 4.91 Å². The maximum Gasteiger partial charge on any atom is 0.372 e. The summed E-state index contributed by atoms with van der Waals surface area (Å²) in [5.74, 6) is -0.914. The molecule has 0 fully saturated rings. The van der Waals surface area contributed by atoms with Crippen LogP contribution in [-0.2, 0) is 4.84 Å². The van der Waals surface area contributed by atoms with Crippen molar-refractivity contribution in [3.63, 3.8) is 0 Å². The lowest BCUT2D eigenvalue weighted by Gasteiger charge is -1.95. The average Bonchev–Trinajstić information content (AvgIpc) is 2.05. The van der Waals surface area contributed by atoms with Crippen LogP contribution in [0.25, 0.3) is 0 Å². The van der Waals surface area contributed by atoms with Gasteiger partial charge in [-0.05, 0) is 12.1 Å². The van der Waals surface area contributed by atoms with E-state index in [4.69, 9.17) is 11.6 Å². The van der Waals surface area contributed by atoms with E-state index in [-0.39, 0.29) is 10.7 Å². The van der Waals surface area contributed by atoms with Crippen LogP contribution in [0.3, 0.4) is 0 Å². The Morgan fingerprint density at radius 1 is 1.67 bits per heavy atom. The monoisotopic (exact) mass is 186 g/mol. The fraction of sp³-hybridized carbons (Fsp3) is 0. The minimum atomic E-state index is -0.914. The first-order valence-corrected chi connectivity index (χ1v) is 3.28. The molecule has 0 radical (unpaired) electrons. The van der Waals surface area contributed by atoms with Crippen LogP contribution in [-0.4, -0.2) is 11.0 Å². The third-order valence-electron chi connectivity index (χ3n) is 1.10. The van der Waals surface area contributed by atoms with Crippen molar-refractivity contribution in [3.8, 4) is 0 Å². The van der Waals surface area contributed by atoms with E-state index < -0.39 is 5.97 Å². The molecule has 1 heterocycles. The summed E-state index contributed by atoms with van der Waals surface area (Å²) in [6.07, 6.45) is 1.41. The lowest BCUT2D eigenvalue weighted by molar-refractivity contribution is 0.0508. The smallest absolute Gasteiger partial charge is 0.279 e. The Labute approximate surface area is 72.2 Å². The van der Waals surface area contributed by atoms with Crippen molar-refractivity contribution < 1.29 is 9.63 Å². The molecule has 0 N–H and O–H groups in total. The highest BCUT2D eigenvalue weighted by Gasteiger charge is 2.12. The fourth-order valence-corrected chi connectivity index (χ4v) is 0.818. The summed E-state index contributed by atoms with van der Waals surface area (Å²) in [5.41, 5.74) is 0.0127. The van der Waals surface area contributed by atoms with Crippen molar-refractivity contribution in [2.45, 2.75) is 0 Å². The second kappa shape index (κ2) is 3.77. The summed E-state index contributed by atoms with van der Waals surface area (Å²) < 4.78 is 0. The molecule has 0 aliphatic heterocycles. The Hall–Kier alpha value is -1.49. The van der Waals surface area contributed by atoms with E-state index in [9.17, 15) is 9.70 Å². The van der Waals surface area contributed by atoms with Crippen LogP contribution >= 0.6 is 11.6 Å². The molecule has 1 aromatic heterocycles. The lowest BCUT2D eigenvalue weighted by atomic mass is 10.3. The van der Waals surface area contributed by atoms with Gasteiger partial charge in [-0.25, -0.2) is 9.78 Å². The van der Waals surface area contributed by atoms with E-state index in [0.29, 0.717) is 0 Å². The molecule has 12 heavy (non-hydrogen) atoms. The van der Waals surface area contributed by atoms with Crippen LogP contribution < -0.4 is 0 Å². The first kappa shape index (κ1) is 8.61. The van der Waals surface area contributed by atoms with Crippen LogP contribution in [0.1, 0.15) is 10.4 Å². The molecule has 1 aromatic rings. The summed E-state index contributed by atoms with van der Waals surface area (Å²) in [4.78, 5) is 27.8. The molecular formula is C6H3ClN2O3. The predicted octanol–water partition coefficient (Wildman–Crippen LogP) is 1.57. The molecule has 0 saturated carbocycles. The van der Waals surface area contributed by atoms with Gasteiger partial charge in [0.2, 0.25) is 0 Å². The quantitative estimate of drug-likeness (QED) is 0.399. The van der Waals surface area contributed by atoms with Crippen molar-refractivity contribution >= 4 is 17.6 Å². The number of aromatic nitrogens is 1. The van der Waals surface area contributed by atoms with E-state index in [1.54, 1.807) is 0 Å². The zero-order valence-electron chi connectivity index (χ0n) is 5.73. The molecule has 0 aromatic carbocycles. The Morgan fingerprint density at radius 2 is 2.42 bits per heavy atom. The maximum atomic E-state index is 10.8. The van der Waals surface area contributed by atoms with E-state index >= 15 is 0 Å². The highest BCUT2D eigenvalue weighted by molar-refractivity contribution is 6.32. The summed E-state index contributed by atoms with van der Waals surface area (Å²) in [7, 11) is 0. The first-order chi connectivity index (χ1) is 5.75. The maximum absolute atomic E-state index is 10.8. The molecule has 6 heteroatoms. The largest absolute Gasteiger partial charge is 0.372 e. The summed E-state index contributed by atoms with van der Waals surface area (Å²) in [6, 6.07) is 2.87. The summed E-state index contributed by atoms with van der Waals surface area (Å²) in [6.45, 7) is 0. The molecule has 0 saturated heterocycles. The molecule has 0 spiro atoms. The van der Waals surface area contributed by atoms with Crippen LogP contribution in [0.2, 0.25) is 5.15 Å². The molecule has 0 bridgehead atoms. The Bertz CT molecular complexity index is 315. The van der Waals surface area contributed by atoms with Gasteiger partial charge < -0.3 is 0 Å². The number of halogens is 1. The topological polar surface area (TPSA) is 68.6 Å². The normalized spacial score (nSPS) is 9.08. The fourth-order valence-electron chi connectivity index (χ4n) is 0.621. The molecular weight excluding hydrogens is 184 g/mol. The molecule has 62 valence electrons. The van der Waals surface area contributed by atoms with Crippen molar-refractivity contribution in [2.75, 3.05) is 0 Å². The third kappa shape index (κ3) is 1.76. The lowest BCUT2D eigenvalue weighted by Crippen LogP contribution is -2.01. The zero-order valence-corrected chi connectivity index (χ0v) is 6.49. The van der Waals surface area contributed by atoms with Gasteiger partial charge in [-0.3, -0.25) is 4.84 Å². The number of hydrogen-bond acceptors (Lipinski definition) is 5. The van der Waals surface area contributed by atoms with Gasteiger partial charge >= 0.3 is 5.97 Å². The number of carbonyl (C=O) groups is 1. The van der Waals surface area contributed by atoms with Crippen LogP contribution in [0.15, 0.2) is 23.7 Å². The molecule has 5 nitrogen and oxygen atoms in total. The van der Waals surface area contributed by atoms with Crippen molar-refractivity contribution in [1.82, 2.24) is 4.98 Å². The van der Waals surface area contributed by atoms with E-state index in [1.807, 2.05) is 5.34 Å². The summed E-state index contributed by atoms with van der Waals surface area (Å²) >= 11 is 5.50. The van der Waals surface area contributed by atoms with Gasteiger partial charge in [0.1, 0.15) is 5.15 Å². The highest BCUT2D eigenvalue weighted by Crippen LogP contribution is 2.12. The van der Waals surface area contributed by atoms with Gasteiger partial charge in [0.15, 0.2) is 5.34 Å². The average molecular weight is 187 g/mol. The van der Waals surface area contributed by atoms with Gasteiger partial charge in [-0.1, -0.05) is 11.6 Å². The highest BCUT2D eigenvalue weighted by atomic mass is 35.5. The van der Waals surface area contributed by atoms with Gasteiger partial charge in [0.05, 0.1) is 5.56 Å². The van der Waals surface area contributed by atoms with Crippen molar-refractivity contribution in [2.24, 2.45) is 5.34 Å². The molecule has 0 amide bonds. The Morgan fingerprint density at radius 3 is 3.00 bits per heavy atom. The molecule has 0 aliphatic carbocycles. The van der Waals surface area contributed by atoms with E-state index in [1.165, 1.54) is 18.3 Å². The predicted molar refractivity (Wildman–Crippen MR) is 40.5 cm³/mol. The van der Waals surface area contributed by atoms with E-state index in [2.05, 4.69) is 9.82 Å². The molecule has 0 aliphatic rings. The number of rotatable bonds is 2. The minimum absolute atomic E-state index is 0.0127. The number of nitrogens with zero attached hydrogens (tertiary/aromatic N) is 2. The van der Waals surface area contributed by atoms with Crippen LogP contribution in [0.5, 0.6) is 0 Å². The van der Waals surface area contributed by atoms with Crippen molar-refractivity contribution in [3.05, 3.63) is 34.0 Å². The standard InChI is InChI=1S/C6H3ClN2O3/c7-5-4(2-1-3-8-5)6(10)12-9-11/h1-3H. The van der Waals surface area contributed by atoms with Crippen molar-refractivity contribution in [1.29, 1.82) is 0 Å². The van der Waals surface area contributed by atoms with E-state index in [0.717, 1.165) is 0 Å². The zero-order chi connectivity index (χ0) is 8.97. The minimum Gasteiger partial charge on any atom is -0.279 e. The van der Waals surface area contributed by atoms with Gasteiger partial charge in [0.25, 0.3) is 0 Å². The van der Waals surface area contributed by atoms with Crippen LogP contribution in [0.4, 0.5) is 0 Å². The molecule has 0 unspecified atom stereocenters. The Balaban J connectivity index is 2.94. The van der Waals surface area contributed by atoms with Gasteiger partial charge in [-0.2, -0.15) is 0 Å². The van der Waals surface area contributed by atoms with Crippen LogP contribution in [0, 0.1) is 4.91 Å². The first-order valence-electron chi connectivity index (χ1n) is 2.90. The second-order valence-electron chi connectivity index (χ2n) is 1.80. The Kier molecular flexibility index (Phi) is 2.71. The second-order valence-corrected chi connectivity index (χ2v) is 2.15. The number of carbonyl (C=O) groups excluding carboxylic acids is 1. The third-order valence-corrected chi connectivity index (χ3v) is 1.40. The number of pyridine rings is 1. The SMILES string of the molecule is O=NOC(=O)c1cccnc1Cl. The molecule has 1 rings (SSSR count). The molecule has 0 atom stereocenters. The number of hydrogen-bond donors (Lipinski definition) is 0.